The molecule has 0 aliphatic heterocycles. The van der Waals surface area contributed by atoms with Crippen LogP contribution in [0.4, 0.5) is 0 Å². The molecule has 0 saturated heterocycles. The summed E-state index contributed by atoms with van der Waals surface area (Å²) in [4.78, 5) is 18.8. The first-order valence-electron chi connectivity index (χ1n) is 1.73. The van der Waals surface area contributed by atoms with Gasteiger partial charge in [0.25, 0.3) is 0 Å². The zero-order valence-corrected chi connectivity index (χ0v) is 5.79. The minimum atomic E-state index is -1.55. The third kappa shape index (κ3) is 15.7. The van der Waals surface area contributed by atoms with Crippen LogP contribution < -0.4 is 47.9 Å². The third-order valence-corrected chi connectivity index (χ3v) is 0.355. The Morgan fingerprint density at radius 2 is 1.10 bits per heavy atom. The maximum absolute atomic E-state index is 9.41. The quantitative estimate of drug-likeness (QED) is 0.273. The Balaban J connectivity index is -0.000000245. The van der Waals surface area contributed by atoms with Crippen molar-refractivity contribution in [3.8, 4) is 0 Å². The Bertz CT molecular complexity index is 126. The van der Waals surface area contributed by atoms with E-state index >= 15 is 0 Å². The minimum absolute atomic E-state index is 0. The second kappa shape index (κ2) is 8.87. The molecule has 0 saturated carbocycles. The van der Waals surface area contributed by atoms with Crippen LogP contribution in [0.25, 0.3) is 0 Å². The second-order valence-electron chi connectivity index (χ2n) is 0.971. The Morgan fingerprint density at radius 3 is 1.20 bits per heavy atom. The summed E-state index contributed by atoms with van der Waals surface area (Å²) in [6.07, 6.45) is 0.769. The molecule has 44 valence electrons. The average Bonchev–Trinajstić information content (AvgIpc) is 1.61. The molecule has 0 N–H and O–H groups in total. The van der Waals surface area contributed by atoms with Crippen molar-refractivity contribution in [2.75, 3.05) is 0 Å². The van der Waals surface area contributed by atoms with Gasteiger partial charge in [0, 0.05) is 0 Å². The van der Waals surface area contributed by atoms with E-state index in [0.717, 1.165) is 0 Å². The molecule has 0 unspecified atom stereocenters. The molecule has 0 heterocycles. The fourth-order valence-electron chi connectivity index (χ4n) is 0.136. The zero-order valence-electron chi connectivity index (χ0n) is 5.79. The Morgan fingerprint density at radius 1 is 0.900 bits per heavy atom. The van der Waals surface area contributed by atoms with E-state index in [1.54, 1.807) is 0 Å². The topological polar surface area (TPSA) is 80.3 Å². The number of rotatable bonds is 2. The summed E-state index contributed by atoms with van der Waals surface area (Å²) in [6.45, 7) is 0. The van der Waals surface area contributed by atoms with E-state index in [1.165, 1.54) is 0 Å². The van der Waals surface area contributed by atoms with E-state index in [1.807, 2.05) is 0 Å². The molecule has 0 spiro atoms. The first-order valence-corrected chi connectivity index (χ1v) is 1.73. The van der Waals surface area contributed by atoms with Crippen LogP contribution in [0.1, 0.15) is 0 Å². The van der Waals surface area contributed by atoms with E-state index in [9.17, 15) is 19.8 Å². The van der Waals surface area contributed by atoms with Crippen molar-refractivity contribution < 1.29 is 57.5 Å². The van der Waals surface area contributed by atoms with Crippen molar-refractivity contribution in [2.24, 2.45) is 0 Å². The number of aliphatic carboxylic acids is 2. The average molecular weight is 128 g/mol. The van der Waals surface area contributed by atoms with Crippen molar-refractivity contribution in [3.05, 3.63) is 12.2 Å². The monoisotopic (exact) mass is 128 g/mol. The maximum Gasteiger partial charge on any atom is 1.00 e. The first kappa shape index (κ1) is 16.5. The number of hydrogen-bond donors (Lipinski definition) is 0. The van der Waals surface area contributed by atoms with Crippen LogP contribution in [0.5, 0.6) is 0 Å². The molecule has 0 aliphatic rings. The van der Waals surface area contributed by atoms with Crippen LogP contribution in [0, 0.1) is 0 Å². The molecule has 0 aromatic heterocycles. The van der Waals surface area contributed by atoms with Crippen LogP contribution in [0.3, 0.4) is 0 Å². The van der Waals surface area contributed by atoms with E-state index in [2.05, 4.69) is 0 Å². The normalized spacial score (nSPS) is 7.60. The molecule has 0 aliphatic carbocycles. The molecule has 0 radical (unpaired) electrons. The number of carbonyl (C=O) groups is 2. The SMILES string of the molecule is O=C([O-])/C=C\C(=O)[O-].[Li+].[Li+]. The molecule has 0 atom stereocenters. The van der Waals surface area contributed by atoms with Gasteiger partial charge in [-0.05, 0) is 12.2 Å². The maximum atomic E-state index is 9.41. The first-order chi connectivity index (χ1) is 3.63. The predicted octanol–water partition coefficient (Wildman–Crippen LogP) is -8.95. The van der Waals surface area contributed by atoms with E-state index < -0.39 is 11.9 Å². The Hall–Kier alpha value is -0.125. The number of carboxylic acids is 2. The standard InChI is InChI=1S/C4H4O4.2Li/c5-3(6)1-2-4(7)8;;/h1-2H,(H,5,6)(H,7,8);;/q;2*+1/p-2/b2-1-;;. The van der Waals surface area contributed by atoms with Gasteiger partial charge in [-0.15, -0.1) is 0 Å². The van der Waals surface area contributed by atoms with Crippen molar-refractivity contribution >= 4 is 11.9 Å². The smallest absolute Gasteiger partial charge is 0.545 e. The minimum Gasteiger partial charge on any atom is -0.545 e. The molecule has 0 aromatic rings. The van der Waals surface area contributed by atoms with Gasteiger partial charge in [-0.25, -0.2) is 0 Å². The number of carboxylic acid groups (broad SMARTS) is 2. The predicted molar refractivity (Wildman–Crippen MR) is 19.2 cm³/mol. The summed E-state index contributed by atoms with van der Waals surface area (Å²) < 4.78 is 0. The third-order valence-electron chi connectivity index (χ3n) is 0.355. The fourth-order valence-corrected chi connectivity index (χ4v) is 0.136. The Kier molecular flexibility index (Phi) is 14.6. The van der Waals surface area contributed by atoms with Crippen LogP contribution in [-0.2, 0) is 9.59 Å². The summed E-state index contributed by atoms with van der Waals surface area (Å²) in [5, 5.41) is 18.8. The molecule has 10 heavy (non-hydrogen) atoms. The number of hydrogen-bond acceptors (Lipinski definition) is 4. The summed E-state index contributed by atoms with van der Waals surface area (Å²) in [5.41, 5.74) is 0. The zero-order chi connectivity index (χ0) is 6.57. The molecule has 0 rings (SSSR count). The van der Waals surface area contributed by atoms with Crippen molar-refractivity contribution in [1.82, 2.24) is 0 Å². The van der Waals surface area contributed by atoms with Crippen molar-refractivity contribution in [3.63, 3.8) is 0 Å². The summed E-state index contributed by atoms with van der Waals surface area (Å²) in [7, 11) is 0. The van der Waals surface area contributed by atoms with Gasteiger partial charge in [-0.3, -0.25) is 0 Å². The van der Waals surface area contributed by atoms with Crippen LogP contribution in [-0.4, -0.2) is 11.9 Å². The molecular weight excluding hydrogens is 126 g/mol. The van der Waals surface area contributed by atoms with E-state index in [-0.39, 0.29) is 37.7 Å². The summed E-state index contributed by atoms with van der Waals surface area (Å²) in [6, 6.07) is 0. The van der Waals surface area contributed by atoms with Gasteiger partial charge in [0.2, 0.25) is 0 Å². The molecule has 0 aromatic carbocycles. The van der Waals surface area contributed by atoms with Gasteiger partial charge < -0.3 is 19.8 Å². The fraction of sp³-hybridized carbons (Fsp3) is 0. The van der Waals surface area contributed by atoms with Gasteiger partial charge in [-0.1, -0.05) is 0 Å². The van der Waals surface area contributed by atoms with E-state index in [0.29, 0.717) is 12.2 Å². The van der Waals surface area contributed by atoms with Gasteiger partial charge >= 0.3 is 37.7 Å². The van der Waals surface area contributed by atoms with Gasteiger partial charge in [0.15, 0.2) is 0 Å². The largest absolute Gasteiger partial charge is 1.00 e. The molecule has 6 heteroatoms. The molecule has 0 bridgehead atoms. The molecule has 0 amide bonds. The number of carbonyl (C=O) groups excluding carboxylic acids is 2. The second-order valence-corrected chi connectivity index (χ2v) is 0.971. The van der Waals surface area contributed by atoms with Gasteiger partial charge in [-0.2, -0.15) is 0 Å². The molecular formula is C4H2Li2O4. The summed E-state index contributed by atoms with van der Waals surface area (Å²) >= 11 is 0. The van der Waals surface area contributed by atoms with Crippen LogP contribution in [0.15, 0.2) is 12.2 Å². The van der Waals surface area contributed by atoms with Crippen LogP contribution >= 0.6 is 0 Å². The van der Waals surface area contributed by atoms with Crippen molar-refractivity contribution in [1.29, 1.82) is 0 Å². The summed E-state index contributed by atoms with van der Waals surface area (Å²) in [5.74, 6) is -3.09. The van der Waals surface area contributed by atoms with Crippen molar-refractivity contribution in [2.45, 2.75) is 0 Å². The Labute approximate surface area is 81.7 Å². The molecule has 4 nitrogen and oxygen atoms in total. The van der Waals surface area contributed by atoms with E-state index in [4.69, 9.17) is 0 Å². The van der Waals surface area contributed by atoms with Gasteiger partial charge in [0.05, 0.1) is 11.9 Å². The van der Waals surface area contributed by atoms with Gasteiger partial charge in [0.1, 0.15) is 0 Å². The van der Waals surface area contributed by atoms with Crippen LogP contribution in [0.2, 0.25) is 0 Å². The molecule has 0 fully saturated rings.